The van der Waals surface area contributed by atoms with Crippen LogP contribution in [0.3, 0.4) is 0 Å². The fourth-order valence-electron chi connectivity index (χ4n) is 8.71. The van der Waals surface area contributed by atoms with Crippen LogP contribution in [0.1, 0.15) is 106 Å². The smallest absolute Gasteiger partial charge is 0.412 e. The number of carboxylic acid groups (broad SMARTS) is 2. The van der Waals surface area contributed by atoms with Gasteiger partial charge in [-0.25, -0.2) is 19.2 Å². The van der Waals surface area contributed by atoms with Crippen LogP contribution in [0.25, 0.3) is 0 Å². The average Bonchev–Trinajstić information content (AvgIpc) is 3.47. The van der Waals surface area contributed by atoms with Gasteiger partial charge in [-0.15, -0.1) is 0 Å². The van der Waals surface area contributed by atoms with E-state index in [1.807, 2.05) is 60.7 Å². The van der Waals surface area contributed by atoms with Crippen molar-refractivity contribution in [2.24, 2.45) is 0 Å². The first kappa shape index (κ1) is 56.6. The van der Waals surface area contributed by atoms with Crippen molar-refractivity contribution in [1.82, 2.24) is 16.0 Å². The van der Waals surface area contributed by atoms with Crippen molar-refractivity contribution in [1.29, 1.82) is 0 Å². The van der Waals surface area contributed by atoms with Crippen LogP contribution < -0.4 is 30.7 Å². The van der Waals surface area contributed by atoms with Gasteiger partial charge in [0.05, 0.1) is 0 Å². The van der Waals surface area contributed by atoms with Gasteiger partial charge in [0, 0.05) is 35.2 Å². The van der Waals surface area contributed by atoms with Crippen LogP contribution in [0.5, 0.6) is 11.5 Å². The van der Waals surface area contributed by atoms with Crippen LogP contribution in [0.4, 0.5) is 15.3 Å². The molecule has 1 fully saturated rings. The molecule has 0 heterocycles. The van der Waals surface area contributed by atoms with Crippen LogP contribution in [-0.4, -0.2) is 75.0 Å². The predicted octanol–water partition coefficient (Wildman–Crippen LogP) is 10.6. The molecule has 0 bridgehead atoms. The third-order valence-electron chi connectivity index (χ3n) is 12.5. The van der Waals surface area contributed by atoms with Gasteiger partial charge in [0.2, 0.25) is 5.91 Å². The fourth-order valence-corrected chi connectivity index (χ4v) is 8.71. The summed E-state index contributed by atoms with van der Waals surface area (Å²) in [6.07, 6.45) is 2.03. The normalized spacial score (nSPS) is 18.7. The number of benzene rings is 5. The second kappa shape index (κ2) is 24.6. The van der Waals surface area contributed by atoms with Crippen LogP contribution in [-0.2, 0) is 37.1 Å². The van der Waals surface area contributed by atoms with Gasteiger partial charge in [-0.1, -0.05) is 110 Å². The number of hydrogen-bond acceptors (Lipinski definition) is 10. The van der Waals surface area contributed by atoms with Gasteiger partial charge in [0.1, 0.15) is 47.0 Å². The van der Waals surface area contributed by atoms with Crippen molar-refractivity contribution < 1.29 is 57.9 Å². The maximum Gasteiger partial charge on any atom is 0.412 e. The van der Waals surface area contributed by atoms with Crippen LogP contribution in [0.2, 0.25) is 0 Å². The number of ether oxygens (including phenoxy) is 4. The molecular weight excluding hydrogens is 969 g/mol. The van der Waals surface area contributed by atoms with Crippen LogP contribution >= 0.6 is 0 Å². The summed E-state index contributed by atoms with van der Waals surface area (Å²) in [4.78, 5) is 82.7. The predicted molar refractivity (Wildman–Crippen MR) is 288 cm³/mol. The zero-order valence-corrected chi connectivity index (χ0v) is 43.8. The van der Waals surface area contributed by atoms with Crippen molar-refractivity contribution in [3.63, 3.8) is 0 Å². The topological polar surface area (TPSA) is 228 Å². The molecule has 0 aromatic heterocycles. The summed E-state index contributed by atoms with van der Waals surface area (Å²) >= 11 is 0. The SMILES string of the molecule is C=C/C(=C\C=C(/C)C(=O)NC1(C(=O)O)CC(c2ccc(OCc3ccccc3)cc2)C(NC(=O)c2ccc(NC(=O)OC(C)(C)C)cc2)(C(=O)O)CC1c1ccc(OCc2ccccc2)cc1)CNC(=O)OC(C)(C)C. The minimum Gasteiger partial charge on any atom is -0.489 e. The first-order valence-electron chi connectivity index (χ1n) is 24.7. The Morgan fingerprint density at radius 1 is 0.605 bits per heavy atom. The van der Waals surface area contributed by atoms with E-state index in [-0.39, 0.29) is 30.9 Å². The monoisotopic (exact) mass is 1030 g/mol. The molecule has 1 aliphatic rings. The van der Waals surface area contributed by atoms with E-state index >= 15 is 0 Å². The molecule has 4 amide bonds. The largest absolute Gasteiger partial charge is 0.489 e. The molecule has 398 valence electrons. The quantitative estimate of drug-likeness (QED) is 0.0335. The molecule has 0 radical (unpaired) electrons. The number of amides is 4. The summed E-state index contributed by atoms with van der Waals surface area (Å²) in [5.41, 5.74) is -2.59. The molecule has 5 aromatic rings. The number of carbonyl (C=O) groups excluding carboxylic acids is 4. The van der Waals surface area contributed by atoms with E-state index in [1.165, 1.54) is 43.3 Å². The Morgan fingerprint density at radius 2 is 1.05 bits per heavy atom. The maximum absolute atomic E-state index is 14.6. The van der Waals surface area contributed by atoms with E-state index in [4.69, 9.17) is 18.9 Å². The van der Waals surface area contributed by atoms with Gasteiger partial charge in [-0.3, -0.25) is 14.9 Å². The summed E-state index contributed by atoms with van der Waals surface area (Å²) in [7, 11) is 0. The Hall–Kier alpha value is -8.66. The highest BCUT2D eigenvalue weighted by molar-refractivity contribution is 6.01. The number of allylic oxidation sites excluding steroid dienone is 2. The van der Waals surface area contributed by atoms with Gasteiger partial charge in [0.25, 0.3) is 5.91 Å². The first-order valence-corrected chi connectivity index (χ1v) is 24.7. The Kier molecular flexibility index (Phi) is 18.3. The first-order chi connectivity index (χ1) is 36.0. The molecular formula is C60H66N4O12. The highest BCUT2D eigenvalue weighted by Gasteiger charge is 2.63. The van der Waals surface area contributed by atoms with Gasteiger partial charge < -0.3 is 45.1 Å². The van der Waals surface area contributed by atoms with Crippen molar-refractivity contribution in [2.75, 3.05) is 11.9 Å². The number of rotatable bonds is 19. The zero-order valence-electron chi connectivity index (χ0n) is 43.8. The molecule has 0 saturated heterocycles. The van der Waals surface area contributed by atoms with Crippen molar-refractivity contribution in [3.8, 4) is 11.5 Å². The van der Waals surface area contributed by atoms with Gasteiger partial charge in [0.15, 0.2) is 0 Å². The molecule has 4 unspecified atom stereocenters. The Bertz CT molecular complexity index is 2930. The van der Waals surface area contributed by atoms with E-state index in [0.717, 1.165) is 11.1 Å². The highest BCUT2D eigenvalue weighted by atomic mass is 16.6. The molecule has 1 saturated carbocycles. The number of aliphatic carboxylic acids is 2. The molecule has 6 N–H and O–H groups in total. The number of carboxylic acids is 2. The van der Waals surface area contributed by atoms with E-state index in [2.05, 4.69) is 27.8 Å². The Labute approximate surface area is 443 Å². The molecule has 1 aliphatic carbocycles. The van der Waals surface area contributed by atoms with Crippen molar-refractivity contribution in [2.45, 2.75) is 109 Å². The van der Waals surface area contributed by atoms with Crippen molar-refractivity contribution >= 4 is 41.6 Å². The lowest BCUT2D eigenvalue weighted by Crippen LogP contribution is -2.70. The lowest BCUT2D eigenvalue weighted by molar-refractivity contribution is -0.157. The summed E-state index contributed by atoms with van der Waals surface area (Å²) < 4.78 is 22.8. The number of alkyl carbamates (subject to hydrolysis) is 1. The number of nitrogens with one attached hydrogen (secondary N) is 4. The van der Waals surface area contributed by atoms with E-state index in [9.17, 15) is 39.0 Å². The third-order valence-corrected chi connectivity index (χ3v) is 12.5. The molecule has 0 spiro atoms. The van der Waals surface area contributed by atoms with Gasteiger partial charge in [-0.05, 0) is 138 Å². The standard InChI is InChI=1S/C60H66N4O12/c1-9-40(36-61-55(71)75-57(3,4)5)21-20-39(2)51(65)63-59(53(67)68)34-50(44-26-32-48(33-27-44)74-38-42-18-14-11-15-19-42)60(54(69)70,64-52(66)45-22-28-46(29-23-45)62-56(72)76-58(6,7)8)35-49(59)43-24-30-47(31-25-43)73-37-41-16-12-10-13-17-41/h9-33,49-50H,1,34-38H2,2-8H3,(H,61,71)(H,62,72)(H,63,65)(H,64,66)(H,67,68)(H,69,70)/b39-20+,40-21+. The van der Waals surface area contributed by atoms with Crippen LogP contribution in [0, 0.1) is 0 Å². The fraction of sp³-hybridized carbons (Fsp3) is 0.300. The lowest BCUT2D eigenvalue weighted by atomic mass is 9.56. The second-order valence-electron chi connectivity index (χ2n) is 20.5. The number of anilines is 1. The molecule has 16 heteroatoms. The van der Waals surface area contributed by atoms with E-state index in [0.29, 0.717) is 33.9 Å². The number of carbonyl (C=O) groups is 6. The average molecular weight is 1040 g/mol. The second-order valence-corrected chi connectivity index (χ2v) is 20.5. The Morgan fingerprint density at radius 3 is 1.49 bits per heavy atom. The summed E-state index contributed by atoms with van der Waals surface area (Å²) in [6, 6.07) is 37.7. The molecule has 5 aromatic carbocycles. The molecule has 4 atom stereocenters. The summed E-state index contributed by atoms with van der Waals surface area (Å²) in [5.74, 6) is -6.27. The lowest BCUT2D eigenvalue weighted by Gasteiger charge is -2.52. The minimum atomic E-state index is -2.23. The molecule has 76 heavy (non-hydrogen) atoms. The van der Waals surface area contributed by atoms with Crippen molar-refractivity contribution in [3.05, 3.63) is 197 Å². The highest BCUT2D eigenvalue weighted by Crippen LogP contribution is 2.53. The summed E-state index contributed by atoms with van der Waals surface area (Å²) in [5, 5.41) is 34.3. The zero-order chi connectivity index (χ0) is 55.3. The van der Waals surface area contributed by atoms with E-state index in [1.54, 1.807) is 96.1 Å². The van der Waals surface area contributed by atoms with Crippen LogP contribution in [0.15, 0.2) is 169 Å². The maximum atomic E-state index is 14.6. The molecule has 0 aliphatic heterocycles. The molecule has 6 rings (SSSR count). The third kappa shape index (κ3) is 15.2. The van der Waals surface area contributed by atoms with Gasteiger partial charge in [-0.2, -0.15) is 0 Å². The Balaban J connectivity index is 1.43. The van der Waals surface area contributed by atoms with E-state index < -0.39 is 82.9 Å². The van der Waals surface area contributed by atoms with Gasteiger partial charge >= 0.3 is 24.1 Å². The number of hydrogen-bond donors (Lipinski definition) is 6. The minimum absolute atomic E-state index is 0.00385. The molecule has 16 nitrogen and oxygen atoms in total. The summed E-state index contributed by atoms with van der Waals surface area (Å²) in [6.45, 7) is 16.1.